The van der Waals surface area contributed by atoms with Gasteiger partial charge in [-0.1, -0.05) is 45.6 Å². The summed E-state index contributed by atoms with van der Waals surface area (Å²) < 4.78 is 16.8. The van der Waals surface area contributed by atoms with Crippen molar-refractivity contribution in [1.29, 1.82) is 0 Å². The number of hydrogen-bond acceptors (Lipinski definition) is 8. The Balaban J connectivity index is 0.000000532. The number of anilines is 1. The number of nitrogens with zero attached hydrogens (tertiary/aromatic N) is 5. The molecule has 0 N–H and O–H groups in total. The second-order valence-electron chi connectivity index (χ2n) is 6.86. The van der Waals surface area contributed by atoms with Crippen molar-refractivity contribution in [3.63, 3.8) is 0 Å². The number of allylic oxidation sites excluding steroid dienone is 2. The van der Waals surface area contributed by atoms with Crippen LogP contribution in [0.2, 0.25) is 0 Å². The van der Waals surface area contributed by atoms with Gasteiger partial charge in [0.05, 0.1) is 20.3 Å². The standard InChI is InChI=1S/C19H17N5O3.C4H8.C2H6.CH4/c1-25-13-4-2-3-12(11-13)17-22-14-15-19(21-6-5-20-15)27-16(14)18(23-17)24-7-9-26-10-8-24;1-3-4-2;1-2;/h2-6,11H,7-10H2,1H3;3-4H,1-2H3;1-2H3;1H4/b;4-3-;;. The highest BCUT2D eigenvalue weighted by Gasteiger charge is 2.23. The van der Waals surface area contributed by atoms with Gasteiger partial charge in [-0.05, 0) is 26.0 Å². The van der Waals surface area contributed by atoms with E-state index in [1.807, 2.05) is 64.1 Å². The van der Waals surface area contributed by atoms with E-state index in [2.05, 4.69) is 14.9 Å². The summed E-state index contributed by atoms with van der Waals surface area (Å²) in [6, 6.07) is 7.69. The molecule has 4 aromatic rings. The van der Waals surface area contributed by atoms with Gasteiger partial charge < -0.3 is 18.8 Å². The summed E-state index contributed by atoms with van der Waals surface area (Å²) in [6.45, 7) is 10.8. The molecule has 34 heavy (non-hydrogen) atoms. The van der Waals surface area contributed by atoms with Crippen molar-refractivity contribution in [3.8, 4) is 17.1 Å². The third kappa shape index (κ3) is 5.88. The van der Waals surface area contributed by atoms with Gasteiger partial charge in [0, 0.05) is 31.0 Å². The molecule has 8 heteroatoms. The zero-order valence-corrected chi connectivity index (χ0v) is 19.9. The van der Waals surface area contributed by atoms with Crippen molar-refractivity contribution in [3.05, 3.63) is 48.8 Å². The second-order valence-corrected chi connectivity index (χ2v) is 6.86. The molecule has 0 saturated carbocycles. The Morgan fingerprint density at radius 2 is 1.68 bits per heavy atom. The molecule has 1 aromatic carbocycles. The van der Waals surface area contributed by atoms with Crippen molar-refractivity contribution in [2.75, 3.05) is 38.3 Å². The van der Waals surface area contributed by atoms with Crippen LogP contribution >= 0.6 is 0 Å². The first-order chi connectivity index (χ1) is 16.2. The molecule has 0 unspecified atom stereocenters. The number of ether oxygens (including phenoxy) is 2. The average Bonchev–Trinajstić information content (AvgIpc) is 3.28. The summed E-state index contributed by atoms with van der Waals surface area (Å²) in [5.41, 5.74) is 3.22. The number of fused-ring (bicyclic) bond motifs is 3. The lowest BCUT2D eigenvalue weighted by atomic mass is 10.2. The first-order valence-corrected chi connectivity index (χ1v) is 11.2. The van der Waals surface area contributed by atoms with E-state index in [-0.39, 0.29) is 7.43 Å². The summed E-state index contributed by atoms with van der Waals surface area (Å²) in [7, 11) is 1.64. The predicted octanol–water partition coefficient (Wildman–Crippen LogP) is 5.92. The molecule has 0 radical (unpaired) electrons. The minimum atomic E-state index is 0. The van der Waals surface area contributed by atoms with Gasteiger partial charge in [0.25, 0.3) is 0 Å². The molecule has 0 atom stereocenters. The number of morpholine rings is 1. The van der Waals surface area contributed by atoms with Gasteiger partial charge in [0.1, 0.15) is 11.3 Å². The summed E-state index contributed by atoms with van der Waals surface area (Å²) in [5.74, 6) is 2.08. The van der Waals surface area contributed by atoms with Crippen molar-refractivity contribution >= 4 is 28.1 Å². The number of rotatable bonds is 3. The van der Waals surface area contributed by atoms with Crippen LogP contribution in [0.3, 0.4) is 0 Å². The van der Waals surface area contributed by atoms with Crippen LogP contribution in [0.5, 0.6) is 5.75 Å². The van der Waals surface area contributed by atoms with Gasteiger partial charge in [-0.25, -0.2) is 19.9 Å². The van der Waals surface area contributed by atoms with E-state index in [1.165, 1.54) is 0 Å². The van der Waals surface area contributed by atoms with E-state index in [0.29, 0.717) is 41.4 Å². The lowest BCUT2D eigenvalue weighted by Crippen LogP contribution is -2.37. The molecule has 182 valence electrons. The fourth-order valence-electron chi connectivity index (χ4n) is 3.23. The summed E-state index contributed by atoms with van der Waals surface area (Å²) in [5, 5.41) is 0. The smallest absolute Gasteiger partial charge is 0.248 e. The largest absolute Gasteiger partial charge is 0.497 e. The maximum Gasteiger partial charge on any atom is 0.248 e. The predicted molar refractivity (Wildman–Crippen MR) is 138 cm³/mol. The van der Waals surface area contributed by atoms with Crippen LogP contribution in [0.1, 0.15) is 35.1 Å². The van der Waals surface area contributed by atoms with Crippen molar-refractivity contribution in [2.45, 2.75) is 35.1 Å². The molecule has 0 aliphatic carbocycles. The minimum Gasteiger partial charge on any atom is -0.497 e. The lowest BCUT2D eigenvalue weighted by molar-refractivity contribution is 0.122. The van der Waals surface area contributed by atoms with Crippen LogP contribution < -0.4 is 9.64 Å². The molecule has 3 aromatic heterocycles. The fourth-order valence-corrected chi connectivity index (χ4v) is 3.23. The zero-order chi connectivity index (χ0) is 23.6. The van der Waals surface area contributed by atoms with Gasteiger partial charge in [-0.2, -0.15) is 0 Å². The Morgan fingerprint density at radius 1 is 0.971 bits per heavy atom. The van der Waals surface area contributed by atoms with Gasteiger partial charge >= 0.3 is 0 Å². The van der Waals surface area contributed by atoms with Gasteiger partial charge in [0.15, 0.2) is 22.7 Å². The molecule has 1 fully saturated rings. The molecule has 8 nitrogen and oxygen atoms in total. The van der Waals surface area contributed by atoms with E-state index in [4.69, 9.17) is 23.9 Å². The van der Waals surface area contributed by atoms with Crippen LogP contribution in [-0.2, 0) is 4.74 Å². The maximum absolute atomic E-state index is 5.97. The van der Waals surface area contributed by atoms with E-state index >= 15 is 0 Å². The van der Waals surface area contributed by atoms with Crippen LogP contribution in [0.25, 0.3) is 33.7 Å². The second kappa shape index (κ2) is 13.3. The number of methoxy groups -OCH3 is 1. The summed E-state index contributed by atoms with van der Waals surface area (Å²) in [6.07, 6.45) is 7.24. The molecule has 0 spiro atoms. The van der Waals surface area contributed by atoms with E-state index in [1.54, 1.807) is 19.5 Å². The summed E-state index contributed by atoms with van der Waals surface area (Å²) in [4.78, 5) is 20.4. The highest BCUT2D eigenvalue weighted by Crippen LogP contribution is 2.34. The van der Waals surface area contributed by atoms with E-state index in [0.717, 1.165) is 30.2 Å². The highest BCUT2D eigenvalue weighted by atomic mass is 16.5. The van der Waals surface area contributed by atoms with Crippen LogP contribution in [-0.4, -0.2) is 53.3 Å². The summed E-state index contributed by atoms with van der Waals surface area (Å²) >= 11 is 0. The molecule has 0 bridgehead atoms. The molecular weight excluding hydrogens is 430 g/mol. The fraction of sp³-hybridized carbons (Fsp3) is 0.385. The quantitative estimate of drug-likeness (QED) is 0.345. The normalized spacial score (nSPS) is 13.0. The number of hydrogen-bond donors (Lipinski definition) is 0. The zero-order valence-electron chi connectivity index (χ0n) is 19.9. The Bertz CT molecular complexity index is 1200. The van der Waals surface area contributed by atoms with Gasteiger partial charge in [-0.15, -0.1) is 0 Å². The molecule has 5 rings (SSSR count). The van der Waals surface area contributed by atoms with Crippen LogP contribution in [0.15, 0.2) is 53.2 Å². The Labute approximate surface area is 201 Å². The topological polar surface area (TPSA) is 86.4 Å². The monoisotopic (exact) mass is 465 g/mol. The van der Waals surface area contributed by atoms with E-state index in [9.17, 15) is 0 Å². The van der Waals surface area contributed by atoms with Crippen molar-refractivity contribution in [2.24, 2.45) is 0 Å². The third-order valence-corrected chi connectivity index (χ3v) is 4.91. The molecule has 1 aliphatic rings. The average molecular weight is 466 g/mol. The van der Waals surface area contributed by atoms with Gasteiger partial charge in [-0.3, -0.25) is 0 Å². The van der Waals surface area contributed by atoms with Crippen molar-refractivity contribution < 1.29 is 13.9 Å². The number of benzene rings is 1. The Kier molecular flexibility index (Phi) is 10.4. The molecule has 0 amide bonds. The minimum absolute atomic E-state index is 0. The number of aromatic nitrogens is 4. The first-order valence-electron chi connectivity index (χ1n) is 11.2. The molecule has 1 saturated heterocycles. The van der Waals surface area contributed by atoms with Crippen LogP contribution in [0.4, 0.5) is 5.82 Å². The van der Waals surface area contributed by atoms with Crippen molar-refractivity contribution in [1.82, 2.24) is 19.9 Å². The Morgan fingerprint density at radius 3 is 2.35 bits per heavy atom. The number of furan rings is 1. The van der Waals surface area contributed by atoms with Crippen LogP contribution in [0, 0.1) is 0 Å². The molecular formula is C26H35N5O3. The Hall–Kier alpha value is -3.52. The molecule has 4 heterocycles. The van der Waals surface area contributed by atoms with Gasteiger partial charge in [0.2, 0.25) is 5.71 Å². The lowest BCUT2D eigenvalue weighted by Gasteiger charge is -2.27. The van der Waals surface area contributed by atoms with E-state index < -0.39 is 0 Å². The first kappa shape index (κ1) is 26.7. The highest BCUT2D eigenvalue weighted by molar-refractivity contribution is 6.03. The SMILES string of the molecule is C.C/C=C\C.CC.COc1cccc(-c2nc(N3CCOCC3)c3oc4nccnc4c3n2)c1. The third-order valence-electron chi connectivity index (χ3n) is 4.91. The molecule has 1 aliphatic heterocycles. The maximum atomic E-state index is 5.97.